The molecule has 0 atom stereocenters. The first-order chi connectivity index (χ1) is 19.6. The van der Waals surface area contributed by atoms with E-state index in [0.29, 0.717) is 29.6 Å². The van der Waals surface area contributed by atoms with E-state index in [-0.39, 0.29) is 17.7 Å². The molecule has 0 saturated carbocycles. The predicted molar refractivity (Wildman–Crippen MR) is 152 cm³/mol. The molecule has 0 fully saturated rings. The van der Waals surface area contributed by atoms with Gasteiger partial charge in [0.1, 0.15) is 11.4 Å². The molecular formula is C31H35FN4O5. The minimum absolute atomic E-state index is 0.00613. The third-order valence-electron chi connectivity index (χ3n) is 7.27. The number of carbonyl (C=O) groups is 2. The maximum atomic E-state index is 16.3. The van der Waals surface area contributed by atoms with Crippen molar-refractivity contribution in [3.05, 3.63) is 70.3 Å². The Morgan fingerprint density at radius 2 is 1.83 bits per heavy atom. The number of H-pyrrole nitrogens is 1. The van der Waals surface area contributed by atoms with Crippen molar-refractivity contribution in [3.63, 3.8) is 0 Å². The molecule has 5 rings (SSSR count). The lowest BCUT2D eigenvalue weighted by Gasteiger charge is -2.30. The quantitative estimate of drug-likeness (QED) is 0.219. The number of halogens is 1. The van der Waals surface area contributed by atoms with Gasteiger partial charge in [-0.3, -0.25) is 4.89 Å². The van der Waals surface area contributed by atoms with Gasteiger partial charge in [0, 0.05) is 35.7 Å². The van der Waals surface area contributed by atoms with Crippen LogP contribution in [0.25, 0.3) is 27.8 Å². The molecule has 0 unspecified atom stereocenters. The van der Waals surface area contributed by atoms with E-state index in [1.54, 1.807) is 17.2 Å². The SMILES string of the molecule is CCc1cccc(CC)c1-n1nc2c(c1-c1c(F)cc(C(=O)OOC)c3[nH]ccc13)CN(C(=O)OC(C)(C)C)CC2. The zero-order valence-corrected chi connectivity index (χ0v) is 24.3. The number of carbonyl (C=O) groups excluding carboxylic acids is 2. The van der Waals surface area contributed by atoms with E-state index in [9.17, 15) is 9.59 Å². The van der Waals surface area contributed by atoms with Crippen LogP contribution in [0.4, 0.5) is 9.18 Å². The highest BCUT2D eigenvalue weighted by Gasteiger charge is 2.34. The summed E-state index contributed by atoms with van der Waals surface area (Å²) in [5.41, 5.74) is 5.15. The van der Waals surface area contributed by atoms with Crippen LogP contribution in [0.3, 0.4) is 0 Å². The molecule has 2 aromatic heterocycles. The molecule has 1 amide bonds. The second-order valence-electron chi connectivity index (χ2n) is 11.1. The Labute approximate surface area is 238 Å². The third-order valence-corrected chi connectivity index (χ3v) is 7.27. The fourth-order valence-corrected chi connectivity index (χ4v) is 5.48. The van der Waals surface area contributed by atoms with E-state index in [1.807, 2.05) is 31.5 Å². The molecule has 0 saturated heterocycles. The van der Waals surface area contributed by atoms with Crippen molar-refractivity contribution in [1.82, 2.24) is 19.7 Å². The average Bonchev–Trinajstić information content (AvgIpc) is 3.56. The number of rotatable bonds is 6. The maximum Gasteiger partial charge on any atom is 0.410 e. The molecule has 2 aromatic carbocycles. The highest BCUT2D eigenvalue weighted by Crippen LogP contribution is 2.41. The van der Waals surface area contributed by atoms with Crippen LogP contribution in [0.2, 0.25) is 0 Å². The van der Waals surface area contributed by atoms with Gasteiger partial charge in [-0.2, -0.15) is 9.99 Å². The summed E-state index contributed by atoms with van der Waals surface area (Å²) in [4.78, 5) is 39.7. The Kier molecular flexibility index (Phi) is 7.61. The molecule has 0 radical (unpaired) electrons. The van der Waals surface area contributed by atoms with Crippen LogP contribution in [0.1, 0.15) is 67.4 Å². The number of aryl methyl sites for hydroxylation is 2. The lowest BCUT2D eigenvalue weighted by molar-refractivity contribution is -0.216. The number of aromatic amines is 1. The number of amides is 1. The minimum atomic E-state index is -0.818. The van der Waals surface area contributed by atoms with E-state index in [2.05, 4.69) is 35.9 Å². The third kappa shape index (κ3) is 5.19. The summed E-state index contributed by atoms with van der Waals surface area (Å²) in [6.07, 6.45) is 3.20. The summed E-state index contributed by atoms with van der Waals surface area (Å²) in [7, 11) is 1.21. The Morgan fingerprint density at radius 1 is 1.12 bits per heavy atom. The molecule has 4 aromatic rings. The standard InChI is InChI=1S/C31H35FN4O5/c1-7-18-10-9-11-19(8-2)27(18)36-28(22-17-35(15-13-24(22)34-36)30(38)40-31(3,4)5)25-20-12-14-33-26(20)21(16-23(25)32)29(37)41-39-6/h9-12,14,16,33H,7-8,13,15,17H2,1-6H3. The second kappa shape index (κ2) is 11.0. The van der Waals surface area contributed by atoms with Crippen molar-refractivity contribution in [1.29, 1.82) is 0 Å². The molecule has 41 heavy (non-hydrogen) atoms. The largest absolute Gasteiger partial charge is 0.444 e. The van der Waals surface area contributed by atoms with Gasteiger partial charge in [-0.05, 0) is 56.9 Å². The summed E-state index contributed by atoms with van der Waals surface area (Å²) >= 11 is 0. The van der Waals surface area contributed by atoms with Crippen molar-refractivity contribution in [2.24, 2.45) is 0 Å². The topological polar surface area (TPSA) is 98.7 Å². The lowest BCUT2D eigenvalue weighted by atomic mass is 9.95. The number of hydrogen-bond acceptors (Lipinski definition) is 6. The van der Waals surface area contributed by atoms with E-state index in [1.165, 1.54) is 7.11 Å². The Hall–Kier alpha value is -4.18. The first kappa shape index (κ1) is 28.4. The van der Waals surface area contributed by atoms with Gasteiger partial charge in [-0.1, -0.05) is 32.0 Å². The number of nitrogens with one attached hydrogen (secondary N) is 1. The number of fused-ring (bicyclic) bond motifs is 2. The molecule has 1 N–H and O–H groups in total. The number of hydrogen-bond donors (Lipinski definition) is 1. The van der Waals surface area contributed by atoms with E-state index < -0.39 is 23.5 Å². The molecule has 3 heterocycles. The average molecular weight is 563 g/mol. The number of aromatic nitrogens is 3. The van der Waals surface area contributed by atoms with E-state index in [0.717, 1.165) is 47.0 Å². The predicted octanol–water partition coefficient (Wildman–Crippen LogP) is 6.30. The van der Waals surface area contributed by atoms with Gasteiger partial charge in [0.05, 0.1) is 41.8 Å². The van der Waals surface area contributed by atoms with E-state index in [4.69, 9.17) is 14.7 Å². The summed E-state index contributed by atoms with van der Waals surface area (Å²) in [5.74, 6) is -1.44. The van der Waals surface area contributed by atoms with Gasteiger partial charge < -0.3 is 14.6 Å². The van der Waals surface area contributed by atoms with Crippen LogP contribution < -0.4 is 0 Å². The molecule has 0 bridgehead atoms. The van der Waals surface area contributed by atoms with Crippen LogP contribution in [0.15, 0.2) is 36.5 Å². The number of nitrogens with zero attached hydrogens (tertiary/aromatic N) is 3. The van der Waals surface area contributed by atoms with E-state index >= 15 is 4.39 Å². The van der Waals surface area contributed by atoms with Crippen molar-refractivity contribution in [2.45, 2.75) is 66.0 Å². The molecular weight excluding hydrogens is 527 g/mol. The van der Waals surface area contributed by atoms with Crippen molar-refractivity contribution >= 4 is 23.0 Å². The zero-order valence-electron chi connectivity index (χ0n) is 24.3. The highest BCUT2D eigenvalue weighted by atomic mass is 19.1. The Balaban J connectivity index is 1.79. The maximum absolute atomic E-state index is 16.3. The lowest BCUT2D eigenvalue weighted by Crippen LogP contribution is -2.39. The van der Waals surface area contributed by atoms with Crippen LogP contribution in [-0.2, 0) is 40.3 Å². The summed E-state index contributed by atoms with van der Waals surface area (Å²) in [6, 6.07) is 9.01. The van der Waals surface area contributed by atoms with Gasteiger partial charge in [0.2, 0.25) is 0 Å². The second-order valence-corrected chi connectivity index (χ2v) is 11.1. The zero-order chi connectivity index (χ0) is 29.5. The minimum Gasteiger partial charge on any atom is -0.444 e. The van der Waals surface area contributed by atoms with Gasteiger partial charge in [-0.25, -0.2) is 18.7 Å². The highest BCUT2D eigenvalue weighted by molar-refractivity contribution is 6.08. The van der Waals surface area contributed by atoms with Gasteiger partial charge in [0.15, 0.2) is 0 Å². The molecule has 1 aliphatic heterocycles. The van der Waals surface area contributed by atoms with Crippen LogP contribution in [0.5, 0.6) is 0 Å². The Bertz CT molecular complexity index is 1610. The van der Waals surface area contributed by atoms with Gasteiger partial charge in [-0.15, -0.1) is 0 Å². The number of ether oxygens (including phenoxy) is 1. The summed E-state index contributed by atoms with van der Waals surface area (Å²) in [5, 5.41) is 5.54. The van der Waals surface area contributed by atoms with Gasteiger partial charge in [0.25, 0.3) is 0 Å². The molecule has 216 valence electrons. The molecule has 10 heteroatoms. The molecule has 1 aliphatic rings. The fraction of sp³-hybridized carbons (Fsp3) is 0.387. The smallest absolute Gasteiger partial charge is 0.410 e. The number of benzene rings is 2. The first-order valence-corrected chi connectivity index (χ1v) is 13.8. The van der Waals surface area contributed by atoms with Crippen LogP contribution >= 0.6 is 0 Å². The molecule has 0 spiro atoms. The van der Waals surface area contributed by atoms with Crippen molar-refractivity contribution < 1.29 is 28.5 Å². The monoisotopic (exact) mass is 562 g/mol. The molecule has 9 nitrogen and oxygen atoms in total. The van der Waals surface area contributed by atoms with Crippen LogP contribution in [-0.4, -0.2) is 51.0 Å². The number of para-hydroxylation sites is 1. The molecule has 0 aliphatic carbocycles. The van der Waals surface area contributed by atoms with Crippen LogP contribution in [0, 0.1) is 5.82 Å². The van der Waals surface area contributed by atoms with Crippen molar-refractivity contribution in [3.8, 4) is 16.9 Å². The summed E-state index contributed by atoms with van der Waals surface area (Å²) < 4.78 is 23.8. The first-order valence-electron chi connectivity index (χ1n) is 13.8. The summed E-state index contributed by atoms with van der Waals surface area (Å²) in [6.45, 7) is 10.3. The Morgan fingerprint density at radius 3 is 2.46 bits per heavy atom. The fourth-order valence-electron chi connectivity index (χ4n) is 5.48. The van der Waals surface area contributed by atoms with Crippen molar-refractivity contribution in [2.75, 3.05) is 13.7 Å². The normalized spacial score (nSPS) is 13.4. The van der Waals surface area contributed by atoms with Gasteiger partial charge >= 0.3 is 12.1 Å².